The first-order valence-corrected chi connectivity index (χ1v) is 11.8. The van der Waals surface area contributed by atoms with E-state index in [0.717, 1.165) is 54.6 Å². The van der Waals surface area contributed by atoms with Crippen molar-refractivity contribution in [3.63, 3.8) is 0 Å². The first-order chi connectivity index (χ1) is 16.0. The quantitative estimate of drug-likeness (QED) is 0.542. The molecule has 2 aromatic carbocycles. The van der Waals surface area contributed by atoms with Gasteiger partial charge in [0.2, 0.25) is 0 Å². The average Bonchev–Trinajstić information content (AvgIpc) is 3.34. The highest BCUT2D eigenvalue weighted by atomic mass is 32.1. The number of anilines is 1. The van der Waals surface area contributed by atoms with Crippen LogP contribution in [0.4, 0.5) is 14.5 Å². The van der Waals surface area contributed by atoms with Crippen LogP contribution in [0.3, 0.4) is 0 Å². The Morgan fingerprint density at radius 2 is 1.70 bits per heavy atom. The van der Waals surface area contributed by atoms with E-state index in [2.05, 4.69) is 21.2 Å². The molecule has 0 radical (unpaired) electrons. The standard InChI is InChI=1S/C25H27F2N3O2S/c1-17(28-25(31)23-18(26)7-5-8-19(23)27)24(22-11-6-16-33-22)30-14-12-29(13-15-30)20-9-3-4-10-21(20)32-2/h3-11,16-17,24H,12-15H2,1-2H3,(H,28,31)/t17-,24-/m0/s1. The lowest BCUT2D eigenvalue weighted by atomic mass is 10.0. The fraction of sp³-hybridized carbons (Fsp3) is 0.320. The highest BCUT2D eigenvalue weighted by molar-refractivity contribution is 7.10. The number of amides is 1. The van der Waals surface area contributed by atoms with Crippen molar-refractivity contribution in [3.05, 3.63) is 82.1 Å². The normalized spacial score (nSPS) is 16.3. The third kappa shape index (κ3) is 5.02. The molecular weight excluding hydrogens is 444 g/mol. The summed E-state index contributed by atoms with van der Waals surface area (Å²) in [6.45, 7) is 5.02. The van der Waals surface area contributed by atoms with Crippen molar-refractivity contribution in [1.82, 2.24) is 10.2 Å². The van der Waals surface area contributed by atoms with E-state index in [1.807, 2.05) is 42.6 Å². The summed E-state index contributed by atoms with van der Waals surface area (Å²) in [6, 6.07) is 14.9. The molecule has 8 heteroatoms. The van der Waals surface area contributed by atoms with E-state index in [9.17, 15) is 13.6 Å². The number of halogens is 2. The van der Waals surface area contributed by atoms with E-state index in [4.69, 9.17) is 4.74 Å². The molecule has 0 unspecified atom stereocenters. The Kier molecular flexibility index (Phi) is 7.25. The molecule has 1 N–H and O–H groups in total. The second kappa shape index (κ2) is 10.3. The van der Waals surface area contributed by atoms with Crippen molar-refractivity contribution >= 4 is 22.9 Å². The van der Waals surface area contributed by atoms with Crippen molar-refractivity contribution in [2.24, 2.45) is 0 Å². The molecule has 1 fully saturated rings. The molecule has 0 spiro atoms. The van der Waals surface area contributed by atoms with E-state index in [0.29, 0.717) is 0 Å². The Bertz CT molecular complexity index is 1060. The molecule has 0 aliphatic carbocycles. The van der Waals surface area contributed by atoms with Gasteiger partial charge in [0.05, 0.1) is 18.8 Å². The average molecular weight is 472 g/mol. The van der Waals surface area contributed by atoms with Gasteiger partial charge in [-0.1, -0.05) is 24.3 Å². The van der Waals surface area contributed by atoms with Crippen LogP contribution >= 0.6 is 11.3 Å². The zero-order valence-electron chi connectivity index (χ0n) is 18.6. The Morgan fingerprint density at radius 1 is 1.00 bits per heavy atom. The number of rotatable bonds is 7. The molecule has 1 aliphatic rings. The third-order valence-electron chi connectivity index (χ3n) is 5.99. The number of hydrogen-bond donors (Lipinski definition) is 1. The van der Waals surface area contributed by atoms with Gasteiger partial charge < -0.3 is 15.0 Å². The zero-order chi connectivity index (χ0) is 23.4. The molecule has 2 heterocycles. The van der Waals surface area contributed by atoms with Crippen molar-refractivity contribution in [1.29, 1.82) is 0 Å². The van der Waals surface area contributed by atoms with Gasteiger partial charge in [-0.15, -0.1) is 11.3 Å². The maximum absolute atomic E-state index is 14.1. The van der Waals surface area contributed by atoms with Crippen LogP contribution in [0.5, 0.6) is 5.75 Å². The van der Waals surface area contributed by atoms with Crippen molar-refractivity contribution in [3.8, 4) is 5.75 Å². The molecule has 4 rings (SSSR count). The van der Waals surface area contributed by atoms with Gasteiger partial charge >= 0.3 is 0 Å². The fourth-order valence-electron chi connectivity index (χ4n) is 4.41. The van der Waals surface area contributed by atoms with Crippen LogP contribution in [0, 0.1) is 11.6 Å². The van der Waals surface area contributed by atoms with Gasteiger partial charge in [0, 0.05) is 37.1 Å². The van der Waals surface area contributed by atoms with Crippen LogP contribution in [0.1, 0.15) is 28.2 Å². The van der Waals surface area contributed by atoms with Gasteiger partial charge in [0.1, 0.15) is 22.9 Å². The second-order valence-electron chi connectivity index (χ2n) is 8.01. The molecule has 174 valence electrons. The number of benzene rings is 2. The maximum Gasteiger partial charge on any atom is 0.257 e. The Hall–Kier alpha value is -2.97. The smallest absolute Gasteiger partial charge is 0.257 e. The largest absolute Gasteiger partial charge is 0.495 e. The highest BCUT2D eigenvalue weighted by Crippen LogP contribution is 2.33. The van der Waals surface area contributed by atoms with E-state index in [-0.39, 0.29) is 12.1 Å². The van der Waals surface area contributed by atoms with Gasteiger partial charge in [-0.2, -0.15) is 0 Å². The van der Waals surface area contributed by atoms with Crippen LogP contribution in [-0.2, 0) is 0 Å². The number of methoxy groups -OCH3 is 1. The van der Waals surface area contributed by atoms with Crippen LogP contribution < -0.4 is 15.0 Å². The molecule has 1 saturated heterocycles. The minimum atomic E-state index is -0.863. The van der Waals surface area contributed by atoms with E-state index in [1.165, 1.54) is 6.07 Å². The second-order valence-corrected chi connectivity index (χ2v) is 8.99. The number of nitrogens with zero attached hydrogens (tertiary/aromatic N) is 2. The number of thiophene rings is 1. The lowest BCUT2D eigenvalue weighted by Gasteiger charge is -2.42. The molecule has 1 aliphatic heterocycles. The number of hydrogen-bond acceptors (Lipinski definition) is 5. The third-order valence-corrected chi connectivity index (χ3v) is 6.93. The zero-order valence-corrected chi connectivity index (χ0v) is 19.4. The van der Waals surface area contributed by atoms with Gasteiger partial charge in [-0.3, -0.25) is 9.69 Å². The lowest BCUT2D eigenvalue weighted by molar-refractivity contribution is 0.0882. The number of carbonyl (C=O) groups excluding carboxylic acids is 1. The number of nitrogens with one attached hydrogen (secondary N) is 1. The summed E-state index contributed by atoms with van der Waals surface area (Å²) >= 11 is 1.61. The summed E-state index contributed by atoms with van der Waals surface area (Å²) in [4.78, 5) is 18.4. The van der Waals surface area contributed by atoms with Crippen molar-refractivity contribution in [2.75, 3.05) is 38.2 Å². The van der Waals surface area contributed by atoms with E-state index >= 15 is 0 Å². The van der Waals surface area contributed by atoms with Crippen LogP contribution in [0.25, 0.3) is 0 Å². The Balaban J connectivity index is 1.50. The minimum absolute atomic E-state index is 0.108. The number of carbonyl (C=O) groups is 1. The molecular formula is C25H27F2N3O2S. The molecule has 3 aromatic rings. The van der Waals surface area contributed by atoms with Crippen molar-refractivity contribution in [2.45, 2.75) is 19.0 Å². The number of piperazine rings is 1. The summed E-state index contributed by atoms with van der Waals surface area (Å²) in [5.41, 5.74) is 0.513. The summed E-state index contributed by atoms with van der Waals surface area (Å²) in [5, 5.41) is 4.84. The molecule has 33 heavy (non-hydrogen) atoms. The molecule has 0 saturated carbocycles. The van der Waals surface area contributed by atoms with Crippen LogP contribution in [0.2, 0.25) is 0 Å². The van der Waals surface area contributed by atoms with E-state index < -0.39 is 23.1 Å². The van der Waals surface area contributed by atoms with E-state index in [1.54, 1.807) is 18.4 Å². The minimum Gasteiger partial charge on any atom is -0.495 e. The molecule has 1 amide bonds. The summed E-state index contributed by atoms with van der Waals surface area (Å²) in [6.07, 6.45) is 0. The Labute approximate surface area is 196 Å². The fourth-order valence-corrected chi connectivity index (χ4v) is 5.37. The monoisotopic (exact) mass is 471 g/mol. The maximum atomic E-state index is 14.1. The summed E-state index contributed by atoms with van der Waals surface area (Å²) in [7, 11) is 1.67. The van der Waals surface area contributed by atoms with Gasteiger partial charge in [0.25, 0.3) is 5.91 Å². The van der Waals surface area contributed by atoms with Gasteiger partial charge in [0.15, 0.2) is 0 Å². The summed E-state index contributed by atoms with van der Waals surface area (Å²) in [5.74, 6) is -1.63. The lowest BCUT2D eigenvalue weighted by Crippen LogP contribution is -2.52. The van der Waals surface area contributed by atoms with Crippen molar-refractivity contribution < 1.29 is 18.3 Å². The first kappa shape index (κ1) is 23.2. The van der Waals surface area contributed by atoms with Crippen LogP contribution in [-0.4, -0.2) is 50.1 Å². The first-order valence-electron chi connectivity index (χ1n) is 10.9. The SMILES string of the molecule is COc1ccccc1N1CCN([C@H](c2cccs2)[C@H](C)NC(=O)c2c(F)cccc2F)CC1. The predicted molar refractivity (Wildman–Crippen MR) is 127 cm³/mol. The van der Waals surface area contributed by atoms with Crippen LogP contribution in [0.15, 0.2) is 60.0 Å². The molecule has 0 bridgehead atoms. The molecule has 2 atom stereocenters. The predicted octanol–water partition coefficient (Wildman–Crippen LogP) is 4.72. The van der Waals surface area contributed by atoms with Gasteiger partial charge in [-0.05, 0) is 42.6 Å². The Morgan fingerprint density at radius 3 is 2.33 bits per heavy atom. The van der Waals surface area contributed by atoms with Gasteiger partial charge in [-0.25, -0.2) is 8.78 Å². The summed E-state index contributed by atoms with van der Waals surface area (Å²) < 4.78 is 33.8. The number of para-hydroxylation sites is 2. The topological polar surface area (TPSA) is 44.8 Å². The highest BCUT2D eigenvalue weighted by Gasteiger charge is 2.32. The molecule has 5 nitrogen and oxygen atoms in total. The molecule has 1 aromatic heterocycles. The number of ether oxygens (including phenoxy) is 1.